The highest BCUT2D eigenvalue weighted by atomic mass is 79.9. The highest BCUT2D eigenvalue weighted by Crippen LogP contribution is 2.20. The molecule has 0 aromatic carbocycles. The van der Waals surface area contributed by atoms with E-state index < -0.39 is 5.97 Å². The van der Waals surface area contributed by atoms with Crippen molar-refractivity contribution in [1.29, 1.82) is 0 Å². The normalized spacial score (nSPS) is 9.47. The number of hydrogen-bond donors (Lipinski definition) is 0. The van der Waals surface area contributed by atoms with Crippen molar-refractivity contribution in [3.63, 3.8) is 0 Å². The van der Waals surface area contributed by atoms with Crippen LogP contribution in [0.25, 0.3) is 0 Å². The summed E-state index contributed by atoms with van der Waals surface area (Å²) in [5.41, 5.74) is 0.147. The van der Waals surface area contributed by atoms with Gasteiger partial charge in [-0.2, -0.15) is 0 Å². The fourth-order valence-electron chi connectivity index (χ4n) is 0.931. The summed E-state index contributed by atoms with van der Waals surface area (Å²) >= 11 is 3.17. The lowest BCUT2D eigenvalue weighted by Gasteiger charge is -2.07. The van der Waals surface area contributed by atoms with Gasteiger partial charge in [-0.25, -0.2) is 9.78 Å². The van der Waals surface area contributed by atoms with E-state index in [-0.39, 0.29) is 5.69 Å². The van der Waals surface area contributed by atoms with Crippen LogP contribution < -0.4 is 4.74 Å². The highest BCUT2D eigenvalue weighted by molar-refractivity contribution is 9.10. The van der Waals surface area contributed by atoms with E-state index in [1.54, 1.807) is 18.2 Å². The van der Waals surface area contributed by atoms with Gasteiger partial charge in [0.2, 0.25) is 0 Å². The predicted molar refractivity (Wildman–Crippen MR) is 59.0 cm³/mol. The minimum absolute atomic E-state index is 0.147. The van der Waals surface area contributed by atoms with E-state index in [2.05, 4.69) is 32.2 Å². The van der Waals surface area contributed by atoms with Gasteiger partial charge in [-0.3, -0.25) is 0 Å². The molecule has 4 nitrogen and oxygen atoms in total. The molecule has 1 aromatic rings. The average molecular weight is 272 g/mol. The van der Waals surface area contributed by atoms with Crippen LogP contribution in [-0.4, -0.2) is 24.7 Å². The molecule has 1 rings (SSSR count). The summed E-state index contributed by atoms with van der Waals surface area (Å²) in [6.07, 6.45) is 1.59. The van der Waals surface area contributed by atoms with Gasteiger partial charge in [0.1, 0.15) is 11.2 Å². The van der Waals surface area contributed by atoms with Gasteiger partial charge in [-0.1, -0.05) is 12.7 Å². The van der Waals surface area contributed by atoms with Crippen LogP contribution in [0.4, 0.5) is 0 Å². The molecule has 1 aromatic heterocycles. The first-order valence-electron chi connectivity index (χ1n) is 4.17. The van der Waals surface area contributed by atoms with E-state index >= 15 is 0 Å². The topological polar surface area (TPSA) is 48.4 Å². The first-order chi connectivity index (χ1) is 7.19. The molecule has 0 aliphatic heterocycles. The second-order valence-electron chi connectivity index (χ2n) is 2.57. The molecule has 0 unspecified atom stereocenters. The van der Waals surface area contributed by atoms with Crippen molar-refractivity contribution in [2.24, 2.45) is 0 Å². The second-order valence-corrected chi connectivity index (χ2v) is 3.38. The summed E-state index contributed by atoms with van der Waals surface area (Å²) < 4.78 is 10.4. The summed E-state index contributed by atoms with van der Waals surface area (Å²) in [4.78, 5) is 15.3. The van der Waals surface area contributed by atoms with Crippen LogP contribution in [0.1, 0.15) is 10.5 Å². The Kier molecular flexibility index (Phi) is 4.30. The Morgan fingerprint density at radius 3 is 3.00 bits per heavy atom. The first-order valence-corrected chi connectivity index (χ1v) is 4.97. The second kappa shape index (κ2) is 5.50. The first kappa shape index (κ1) is 11.7. The van der Waals surface area contributed by atoms with E-state index in [0.29, 0.717) is 17.0 Å². The number of methoxy groups -OCH3 is 1. The monoisotopic (exact) mass is 271 g/mol. The predicted octanol–water partition coefficient (Wildman–Crippen LogP) is 2.20. The Morgan fingerprint density at radius 2 is 2.40 bits per heavy atom. The third kappa shape index (κ3) is 3.06. The van der Waals surface area contributed by atoms with Crippen LogP contribution in [0.3, 0.4) is 0 Å². The van der Waals surface area contributed by atoms with Crippen molar-refractivity contribution in [1.82, 2.24) is 4.98 Å². The number of hydrogen-bond acceptors (Lipinski definition) is 4. The van der Waals surface area contributed by atoms with Crippen LogP contribution in [0, 0.1) is 0 Å². The molecule has 0 radical (unpaired) electrons. The number of nitrogens with zero attached hydrogens (tertiary/aromatic N) is 1. The summed E-state index contributed by atoms with van der Waals surface area (Å²) in [6, 6.07) is 3.33. The third-order valence-electron chi connectivity index (χ3n) is 1.56. The Hall–Kier alpha value is -1.36. The molecule has 0 aliphatic rings. The molecule has 15 heavy (non-hydrogen) atoms. The summed E-state index contributed by atoms with van der Waals surface area (Å²) in [6.45, 7) is 3.83. The Labute approximate surface area is 96.0 Å². The fraction of sp³-hybridized carbons (Fsp3) is 0.200. The van der Waals surface area contributed by atoms with Gasteiger partial charge in [-0.15, -0.1) is 0 Å². The van der Waals surface area contributed by atoms with Crippen molar-refractivity contribution in [3.8, 4) is 5.75 Å². The molecule has 0 saturated carbocycles. The van der Waals surface area contributed by atoms with Gasteiger partial charge in [0.25, 0.3) is 0 Å². The number of halogens is 1. The maximum Gasteiger partial charge on any atom is 0.360 e. The lowest BCUT2D eigenvalue weighted by atomic mass is 10.3. The number of ether oxygens (including phenoxy) is 2. The zero-order valence-electron chi connectivity index (χ0n) is 8.20. The molecule has 0 saturated heterocycles. The molecule has 0 bridgehead atoms. The highest BCUT2D eigenvalue weighted by Gasteiger charge is 2.15. The van der Waals surface area contributed by atoms with Gasteiger partial charge in [0.05, 0.1) is 7.11 Å². The van der Waals surface area contributed by atoms with Crippen LogP contribution >= 0.6 is 15.9 Å². The van der Waals surface area contributed by atoms with Crippen LogP contribution in [-0.2, 0) is 4.74 Å². The van der Waals surface area contributed by atoms with Crippen molar-refractivity contribution < 1.29 is 14.3 Å². The van der Waals surface area contributed by atoms with Gasteiger partial charge in [0.15, 0.2) is 11.4 Å². The van der Waals surface area contributed by atoms with Gasteiger partial charge >= 0.3 is 5.97 Å². The molecule has 0 aliphatic carbocycles. The van der Waals surface area contributed by atoms with Crippen molar-refractivity contribution in [3.05, 3.63) is 35.1 Å². The van der Waals surface area contributed by atoms with Gasteiger partial charge in [-0.05, 0) is 28.1 Å². The SMILES string of the molecule is C=CCOc1ccc(Br)nc1C(=O)OC. The molecule has 0 fully saturated rings. The third-order valence-corrected chi connectivity index (χ3v) is 2.00. The number of pyridine rings is 1. The van der Waals surface area contributed by atoms with Crippen LogP contribution in [0.5, 0.6) is 5.75 Å². The maximum atomic E-state index is 11.3. The number of carbonyl (C=O) groups is 1. The lowest BCUT2D eigenvalue weighted by molar-refractivity contribution is 0.0589. The smallest absolute Gasteiger partial charge is 0.360 e. The number of carbonyl (C=O) groups excluding carboxylic acids is 1. The van der Waals surface area contributed by atoms with Crippen LogP contribution in [0.15, 0.2) is 29.4 Å². The zero-order valence-corrected chi connectivity index (χ0v) is 9.78. The molecule has 0 amide bonds. The van der Waals surface area contributed by atoms with Crippen molar-refractivity contribution in [2.75, 3.05) is 13.7 Å². The fourth-order valence-corrected chi connectivity index (χ4v) is 1.24. The Balaban J connectivity index is 3.02. The number of aromatic nitrogens is 1. The molecule has 80 valence electrons. The lowest BCUT2D eigenvalue weighted by Crippen LogP contribution is -2.08. The minimum Gasteiger partial charge on any atom is -0.487 e. The van der Waals surface area contributed by atoms with Gasteiger partial charge < -0.3 is 9.47 Å². The molecule has 5 heteroatoms. The van der Waals surface area contributed by atoms with E-state index in [0.717, 1.165) is 0 Å². The van der Waals surface area contributed by atoms with E-state index in [9.17, 15) is 4.79 Å². The Bertz CT molecular complexity index is 379. The summed E-state index contributed by atoms with van der Waals surface area (Å²) in [5.74, 6) is -0.152. The summed E-state index contributed by atoms with van der Waals surface area (Å²) in [5, 5.41) is 0. The molecule has 0 atom stereocenters. The molecule has 0 N–H and O–H groups in total. The standard InChI is InChI=1S/C10H10BrNO3/c1-3-6-15-7-4-5-8(11)12-9(7)10(13)14-2/h3-5H,1,6H2,2H3. The molecular weight excluding hydrogens is 262 g/mol. The van der Waals surface area contributed by atoms with E-state index in [4.69, 9.17) is 4.74 Å². The molecular formula is C10H10BrNO3. The quantitative estimate of drug-likeness (QED) is 0.479. The zero-order chi connectivity index (χ0) is 11.3. The maximum absolute atomic E-state index is 11.3. The largest absolute Gasteiger partial charge is 0.487 e. The average Bonchev–Trinajstić information content (AvgIpc) is 2.26. The molecule has 0 spiro atoms. The van der Waals surface area contributed by atoms with Crippen LogP contribution in [0.2, 0.25) is 0 Å². The minimum atomic E-state index is -0.532. The number of esters is 1. The number of rotatable bonds is 4. The molecule has 1 heterocycles. The summed E-state index contributed by atoms with van der Waals surface area (Å²) in [7, 11) is 1.29. The van der Waals surface area contributed by atoms with Crippen molar-refractivity contribution in [2.45, 2.75) is 0 Å². The van der Waals surface area contributed by atoms with Crippen molar-refractivity contribution >= 4 is 21.9 Å². The van der Waals surface area contributed by atoms with E-state index in [1.807, 2.05) is 0 Å². The Morgan fingerprint density at radius 1 is 1.67 bits per heavy atom. The van der Waals surface area contributed by atoms with E-state index in [1.165, 1.54) is 7.11 Å². The van der Waals surface area contributed by atoms with Gasteiger partial charge in [0, 0.05) is 0 Å².